The number of nitrogens with two attached hydrogens (primary N) is 1. The Morgan fingerprint density at radius 1 is 1.40 bits per heavy atom. The van der Waals surface area contributed by atoms with E-state index in [1.54, 1.807) is 24.3 Å². The summed E-state index contributed by atoms with van der Waals surface area (Å²) in [6.07, 6.45) is 0. The highest BCUT2D eigenvalue weighted by molar-refractivity contribution is 5.90. The fourth-order valence-electron chi connectivity index (χ4n) is 1.71. The number of carbonyl (C=O) groups excluding carboxylic acids is 1. The van der Waals surface area contributed by atoms with Crippen molar-refractivity contribution in [1.82, 2.24) is 0 Å². The number of carbonyl (C=O) groups is 1. The summed E-state index contributed by atoms with van der Waals surface area (Å²) < 4.78 is 0. The highest BCUT2D eigenvalue weighted by atomic mass is 16.1. The summed E-state index contributed by atoms with van der Waals surface area (Å²) in [7, 11) is 0. The summed E-state index contributed by atoms with van der Waals surface area (Å²) in [6, 6.07) is 11.0. The minimum Gasteiger partial charge on any atom is -0.368 e. The van der Waals surface area contributed by atoms with E-state index in [1.807, 2.05) is 19.9 Å². The van der Waals surface area contributed by atoms with Gasteiger partial charge in [-0.2, -0.15) is 5.26 Å². The molecule has 0 radical (unpaired) electrons. The smallest absolute Gasteiger partial charge is 0.242 e. The second-order valence-electron chi connectivity index (χ2n) is 3.80. The van der Waals surface area contributed by atoms with Crippen LogP contribution in [0.25, 0.3) is 0 Å². The zero-order chi connectivity index (χ0) is 11.5. The van der Waals surface area contributed by atoms with Gasteiger partial charge in [-0.3, -0.25) is 4.79 Å². The highest BCUT2D eigenvalue weighted by Gasteiger charge is 2.42. The summed E-state index contributed by atoms with van der Waals surface area (Å²) in [5, 5.41) is 9.22. The fraction of sp³-hybridized carbons (Fsp3) is 0.333. The molecule has 1 unspecified atom stereocenters. The molecule has 1 amide bonds. The van der Waals surface area contributed by atoms with Gasteiger partial charge < -0.3 is 5.73 Å². The lowest BCUT2D eigenvalue weighted by Crippen LogP contribution is -2.44. The summed E-state index contributed by atoms with van der Waals surface area (Å²) >= 11 is 0. The first-order valence-corrected chi connectivity index (χ1v) is 4.82. The van der Waals surface area contributed by atoms with Crippen LogP contribution >= 0.6 is 0 Å². The maximum Gasteiger partial charge on any atom is 0.242 e. The van der Waals surface area contributed by atoms with Crippen LogP contribution in [0.1, 0.15) is 19.4 Å². The van der Waals surface area contributed by atoms with Gasteiger partial charge in [-0.1, -0.05) is 44.2 Å². The van der Waals surface area contributed by atoms with Crippen molar-refractivity contribution in [3.63, 3.8) is 0 Å². The van der Waals surface area contributed by atoms with Crippen molar-refractivity contribution in [2.75, 3.05) is 0 Å². The predicted molar refractivity (Wildman–Crippen MR) is 57.8 cm³/mol. The quantitative estimate of drug-likeness (QED) is 0.808. The van der Waals surface area contributed by atoms with Gasteiger partial charge in [-0.25, -0.2) is 0 Å². The Bertz CT molecular complexity index is 392. The summed E-state index contributed by atoms with van der Waals surface area (Å²) in [6.45, 7) is 3.64. The van der Waals surface area contributed by atoms with Gasteiger partial charge in [-0.05, 0) is 11.5 Å². The molecule has 1 aromatic rings. The molecule has 2 N–H and O–H groups in total. The lowest BCUT2D eigenvalue weighted by molar-refractivity contribution is -0.122. The number of nitriles is 1. The van der Waals surface area contributed by atoms with Crippen molar-refractivity contribution in [3.8, 4) is 6.07 Å². The fourth-order valence-corrected chi connectivity index (χ4v) is 1.71. The summed E-state index contributed by atoms with van der Waals surface area (Å²) in [5.41, 5.74) is 4.79. The van der Waals surface area contributed by atoms with E-state index in [4.69, 9.17) is 5.73 Å². The molecule has 0 bridgehead atoms. The molecule has 0 aliphatic heterocycles. The van der Waals surface area contributed by atoms with Crippen LogP contribution in [-0.2, 0) is 10.2 Å². The summed E-state index contributed by atoms with van der Waals surface area (Å²) in [4.78, 5) is 11.5. The molecular weight excluding hydrogens is 188 g/mol. The molecule has 3 nitrogen and oxygen atoms in total. The first-order valence-electron chi connectivity index (χ1n) is 4.82. The molecule has 1 atom stereocenters. The molecule has 0 heterocycles. The van der Waals surface area contributed by atoms with E-state index in [-0.39, 0.29) is 5.92 Å². The summed E-state index contributed by atoms with van der Waals surface area (Å²) in [5.74, 6) is -0.742. The molecule has 1 rings (SSSR count). The van der Waals surface area contributed by atoms with Crippen LogP contribution in [0.4, 0.5) is 0 Å². The molecule has 0 saturated heterocycles. The van der Waals surface area contributed by atoms with E-state index < -0.39 is 11.3 Å². The Labute approximate surface area is 89.5 Å². The number of rotatable bonds is 3. The molecule has 0 saturated carbocycles. The zero-order valence-electron chi connectivity index (χ0n) is 8.90. The third-order valence-electron chi connectivity index (χ3n) is 2.66. The number of hydrogen-bond acceptors (Lipinski definition) is 2. The van der Waals surface area contributed by atoms with Gasteiger partial charge >= 0.3 is 0 Å². The lowest BCUT2D eigenvalue weighted by Gasteiger charge is -2.27. The minimum atomic E-state index is -1.22. The third-order valence-corrected chi connectivity index (χ3v) is 2.66. The van der Waals surface area contributed by atoms with E-state index in [1.165, 1.54) is 0 Å². The van der Waals surface area contributed by atoms with Crippen LogP contribution < -0.4 is 5.73 Å². The first kappa shape index (κ1) is 11.3. The normalized spacial score (nSPS) is 14.3. The van der Waals surface area contributed by atoms with E-state index in [2.05, 4.69) is 6.07 Å². The van der Waals surface area contributed by atoms with Crippen LogP contribution in [0.5, 0.6) is 0 Å². The number of benzene rings is 1. The largest absolute Gasteiger partial charge is 0.368 e. The number of hydrogen-bond donors (Lipinski definition) is 1. The van der Waals surface area contributed by atoms with Gasteiger partial charge in [0.1, 0.15) is 0 Å². The molecule has 0 spiro atoms. The molecule has 78 valence electrons. The number of nitrogens with zero attached hydrogens (tertiary/aromatic N) is 1. The average molecular weight is 202 g/mol. The van der Waals surface area contributed by atoms with Crippen LogP contribution in [0, 0.1) is 17.2 Å². The Balaban J connectivity index is 3.37. The van der Waals surface area contributed by atoms with E-state index >= 15 is 0 Å². The van der Waals surface area contributed by atoms with E-state index in [0.717, 1.165) is 0 Å². The van der Waals surface area contributed by atoms with E-state index in [9.17, 15) is 10.1 Å². The van der Waals surface area contributed by atoms with Gasteiger partial charge in [-0.15, -0.1) is 0 Å². The molecule has 0 fully saturated rings. The van der Waals surface area contributed by atoms with Crippen molar-refractivity contribution < 1.29 is 4.79 Å². The minimum absolute atomic E-state index is 0.151. The Morgan fingerprint density at radius 3 is 2.27 bits per heavy atom. The Hall–Kier alpha value is -1.82. The van der Waals surface area contributed by atoms with Crippen LogP contribution in [0.2, 0.25) is 0 Å². The number of amides is 1. The maximum atomic E-state index is 11.5. The zero-order valence-corrected chi connectivity index (χ0v) is 8.90. The molecule has 3 heteroatoms. The van der Waals surface area contributed by atoms with Crippen molar-refractivity contribution >= 4 is 5.91 Å². The van der Waals surface area contributed by atoms with Gasteiger partial charge in [0.2, 0.25) is 5.91 Å². The van der Waals surface area contributed by atoms with Crippen molar-refractivity contribution in [2.24, 2.45) is 11.7 Å². The molecular formula is C12H14N2O. The Kier molecular flexibility index (Phi) is 3.11. The van der Waals surface area contributed by atoms with Crippen LogP contribution in [0.15, 0.2) is 30.3 Å². The maximum absolute atomic E-state index is 11.5. The first-order chi connectivity index (χ1) is 7.05. The van der Waals surface area contributed by atoms with Gasteiger partial charge in [0.05, 0.1) is 6.07 Å². The lowest BCUT2D eigenvalue weighted by atomic mass is 9.72. The van der Waals surface area contributed by atoms with Crippen LogP contribution in [-0.4, -0.2) is 5.91 Å². The molecule has 15 heavy (non-hydrogen) atoms. The highest BCUT2D eigenvalue weighted by Crippen LogP contribution is 2.31. The van der Waals surface area contributed by atoms with E-state index in [0.29, 0.717) is 5.56 Å². The second kappa shape index (κ2) is 4.14. The number of primary amides is 1. The average Bonchev–Trinajstić information content (AvgIpc) is 2.20. The van der Waals surface area contributed by atoms with Crippen molar-refractivity contribution in [1.29, 1.82) is 5.26 Å². The van der Waals surface area contributed by atoms with Gasteiger partial charge in [0.25, 0.3) is 0 Å². The molecule has 0 aromatic heterocycles. The molecule has 0 aliphatic carbocycles. The van der Waals surface area contributed by atoms with Crippen molar-refractivity contribution in [2.45, 2.75) is 19.3 Å². The third kappa shape index (κ3) is 1.71. The second-order valence-corrected chi connectivity index (χ2v) is 3.80. The van der Waals surface area contributed by atoms with Gasteiger partial charge in [0, 0.05) is 0 Å². The predicted octanol–water partition coefficient (Wildman–Crippen LogP) is 1.59. The standard InChI is InChI=1S/C12H14N2O/c1-9(2)12(8-13,11(14)15)10-6-4-3-5-7-10/h3-7,9H,1-2H3,(H2,14,15). The van der Waals surface area contributed by atoms with Crippen LogP contribution in [0.3, 0.4) is 0 Å². The SMILES string of the molecule is CC(C)C(C#N)(C(N)=O)c1ccccc1. The van der Waals surface area contributed by atoms with Gasteiger partial charge in [0.15, 0.2) is 5.41 Å². The monoisotopic (exact) mass is 202 g/mol. The molecule has 0 aliphatic rings. The topological polar surface area (TPSA) is 66.9 Å². The van der Waals surface area contributed by atoms with Crippen molar-refractivity contribution in [3.05, 3.63) is 35.9 Å². The molecule has 1 aromatic carbocycles. The Morgan fingerprint density at radius 2 is 1.93 bits per heavy atom.